The molecule has 0 aromatic rings. The van der Waals surface area contributed by atoms with Crippen molar-refractivity contribution < 1.29 is 5.11 Å². The summed E-state index contributed by atoms with van der Waals surface area (Å²) in [6, 6.07) is 0.755. The van der Waals surface area contributed by atoms with Gasteiger partial charge in [0.05, 0.1) is 6.61 Å². The number of hydrogen-bond donors (Lipinski definition) is 2. The molecule has 20 heavy (non-hydrogen) atoms. The molecule has 2 aliphatic rings. The molecular weight excluding hydrogens is 250 g/mol. The first-order chi connectivity index (χ1) is 9.61. The van der Waals surface area contributed by atoms with Gasteiger partial charge in [-0.3, -0.25) is 0 Å². The van der Waals surface area contributed by atoms with Gasteiger partial charge < -0.3 is 20.2 Å². The van der Waals surface area contributed by atoms with Gasteiger partial charge in [0.15, 0.2) is 0 Å². The molecule has 1 saturated carbocycles. The molecule has 0 bridgehead atoms. The minimum absolute atomic E-state index is 0.00633. The zero-order chi connectivity index (χ0) is 14.6. The molecule has 0 aromatic heterocycles. The number of likely N-dealkylation sites (tertiary alicyclic amines) is 1. The Labute approximate surface area is 124 Å². The van der Waals surface area contributed by atoms with Crippen molar-refractivity contribution in [3.63, 3.8) is 0 Å². The van der Waals surface area contributed by atoms with Gasteiger partial charge in [0.25, 0.3) is 0 Å². The lowest BCUT2D eigenvalue weighted by Gasteiger charge is -2.38. The van der Waals surface area contributed by atoms with Crippen LogP contribution in [0, 0.1) is 5.92 Å². The third kappa shape index (κ3) is 3.53. The third-order valence-electron chi connectivity index (χ3n) is 5.88. The summed E-state index contributed by atoms with van der Waals surface area (Å²) >= 11 is 0. The number of likely N-dealkylation sites (N-methyl/N-ethyl adjacent to an activating group) is 1. The predicted molar refractivity (Wildman–Crippen MR) is 84.0 cm³/mol. The topological polar surface area (TPSA) is 38.7 Å². The Morgan fingerprint density at radius 2 is 2.00 bits per heavy atom. The minimum Gasteiger partial charge on any atom is -0.394 e. The summed E-state index contributed by atoms with van der Waals surface area (Å²) in [5.41, 5.74) is -0.00633. The summed E-state index contributed by atoms with van der Waals surface area (Å²) in [5, 5.41) is 13.2. The Bertz CT molecular complexity index is 285. The third-order valence-corrected chi connectivity index (χ3v) is 5.88. The van der Waals surface area contributed by atoms with E-state index < -0.39 is 0 Å². The Morgan fingerprint density at radius 3 is 2.60 bits per heavy atom. The van der Waals surface area contributed by atoms with Gasteiger partial charge in [-0.05, 0) is 78.8 Å². The predicted octanol–water partition coefficient (Wildman–Crippen LogP) is 1.15. The summed E-state index contributed by atoms with van der Waals surface area (Å²) in [6.45, 7) is 3.92. The van der Waals surface area contributed by atoms with Crippen LogP contribution in [-0.4, -0.2) is 73.9 Å². The maximum Gasteiger partial charge on any atom is 0.0615 e. The van der Waals surface area contributed by atoms with Crippen molar-refractivity contribution >= 4 is 0 Å². The first-order valence-electron chi connectivity index (χ1n) is 8.30. The van der Waals surface area contributed by atoms with Crippen molar-refractivity contribution in [2.75, 3.05) is 47.4 Å². The van der Waals surface area contributed by atoms with Gasteiger partial charge in [0.2, 0.25) is 0 Å². The second-order valence-corrected chi connectivity index (χ2v) is 6.96. The average Bonchev–Trinajstić information content (AvgIpc) is 2.89. The van der Waals surface area contributed by atoms with Crippen LogP contribution in [0.2, 0.25) is 0 Å². The molecule has 0 amide bonds. The monoisotopic (exact) mass is 283 g/mol. The first-order valence-corrected chi connectivity index (χ1v) is 8.30. The molecule has 118 valence electrons. The standard InChI is InChI=1S/C16H33N3O/c1-17-16(13-20)9-4-5-14(16)6-12-19(3)15-7-10-18(2)11-8-15/h14-15,17,20H,4-13H2,1-3H3. The van der Waals surface area contributed by atoms with Crippen LogP contribution in [0.4, 0.5) is 0 Å². The molecule has 1 heterocycles. The van der Waals surface area contributed by atoms with E-state index >= 15 is 0 Å². The van der Waals surface area contributed by atoms with E-state index in [2.05, 4.69) is 29.2 Å². The van der Waals surface area contributed by atoms with Gasteiger partial charge in [-0.15, -0.1) is 0 Å². The Hall–Kier alpha value is -0.160. The minimum atomic E-state index is -0.00633. The SMILES string of the molecule is CNC1(CO)CCCC1CCN(C)C1CCN(C)CC1. The summed E-state index contributed by atoms with van der Waals surface area (Å²) < 4.78 is 0. The molecule has 2 fully saturated rings. The molecule has 4 nitrogen and oxygen atoms in total. The number of nitrogens with zero attached hydrogens (tertiary/aromatic N) is 2. The quantitative estimate of drug-likeness (QED) is 0.767. The number of hydrogen-bond acceptors (Lipinski definition) is 4. The molecule has 2 unspecified atom stereocenters. The van der Waals surface area contributed by atoms with Crippen molar-refractivity contribution in [3.8, 4) is 0 Å². The van der Waals surface area contributed by atoms with E-state index in [1.165, 1.54) is 51.7 Å². The van der Waals surface area contributed by atoms with E-state index in [9.17, 15) is 5.11 Å². The van der Waals surface area contributed by atoms with E-state index in [-0.39, 0.29) is 12.1 Å². The Morgan fingerprint density at radius 1 is 1.30 bits per heavy atom. The Kier molecular flexibility index (Phi) is 5.84. The normalized spacial score (nSPS) is 33.1. The molecule has 0 radical (unpaired) electrons. The zero-order valence-corrected chi connectivity index (χ0v) is 13.6. The zero-order valence-electron chi connectivity index (χ0n) is 13.6. The second-order valence-electron chi connectivity index (χ2n) is 6.96. The van der Waals surface area contributed by atoms with E-state index in [1.807, 2.05) is 7.05 Å². The summed E-state index contributed by atoms with van der Waals surface area (Å²) in [4.78, 5) is 4.99. The van der Waals surface area contributed by atoms with Crippen LogP contribution in [0.25, 0.3) is 0 Å². The van der Waals surface area contributed by atoms with Crippen LogP contribution in [0.5, 0.6) is 0 Å². The van der Waals surface area contributed by atoms with Gasteiger partial charge in [-0.25, -0.2) is 0 Å². The van der Waals surface area contributed by atoms with Gasteiger partial charge in [0.1, 0.15) is 0 Å². The van der Waals surface area contributed by atoms with Crippen molar-refractivity contribution in [2.24, 2.45) is 5.92 Å². The molecule has 2 atom stereocenters. The fourth-order valence-corrected chi connectivity index (χ4v) is 4.16. The lowest BCUT2D eigenvalue weighted by molar-refractivity contribution is 0.104. The molecule has 2 N–H and O–H groups in total. The molecule has 1 aliphatic carbocycles. The van der Waals surface area contributed by atoms with Gasteiger partial charge in [0, 0.05) is 11.6 Å². The number of aliphatic hydroxyl groups excluding tert-OH is 1. The number of rotatable bonds is 6. The van der Waals surface area contributed by atoms with Crippen LogP contribution in [0.1, 0.15) is 38.5 Å². The first kappa shape index (κ1) is 16.2. The lowest BCUT2D eigenvalue weighted by atomic mass is 9.85. The number of nitrogens with one attached hydrogen (secondary N) is 1. The maximum atomic E-state index is 9.75. The molecule has 2 rings (SSSR count). The van der Waals surface area contributed by atoms with Crippen LogP contribution in [0.15, 0.2) is 0 Å². The van der Waals surface area contributed by atoms with Crippen LogP contribution in [-0.2, 0) is 0 Å². The average molecular weight is 283 g/mol. The maximum absolute atomic E-state index is 9.75. The highest BCUT2D eigenvalue weighted by Gasteiger charge is 2.40. The molecular formula is C16H33N3O. The van der Waals surface area contributed by atoms with Gasteiger partial charge in [-0.1, -0.05) is 6.42 Å². The van der Waals surface area contributed by atoms with Crippen LogP contribution < -0.4 is 5.32 Å². The molecule has 1 aliphatic heterocycles. The van der Waals surface area contributed by atoms with Crippen molar-refractivity contribution in [2.45, 2.75) is 50.1 Å². The van der Waals surface area contributed by atoms with Gasteiger partial charge >= 0.3 is 0 Å². The van der Waals surface area contributed by atoms with Crippen molar-refractivity contribution in [1.29, 1.82) is 0 Å². The summed E-state index contributed by atoms with van der Waals surface area (Å²) in [5.74, 6) is 0.631. The van der Waals surface area contributed by atoms with Crippen molar-refractivity contribution in [1.82, 2.24) is 15.1 Å². The van der Waals surface area contributed by atoms with Crippen LogP contribution >= 0.6 is 0 Å². The smallest absolute Gasteiger partial charge is 0.0615 e. The summed E-state index contributed by atoms with van der Waals surface area (Å²) in [6.07, 6.45) is 7.46. The second kappa shape index (κ2) is 7.21. The van der Waals surface area contributed by atoms with Crippen LogP contribution in [0.3, 0.4) is 0 Å². The van der Waals surface area contributed by atoms with E-state index in [4.69, 9.17) is 0 Å². The summed E-state index contributed by atoms with van der Waals surface area (Å²) in [7, 11) is 6.51. The lowest BCUT2D eigenvalue weighted by Crippen LogP contribution is -2.50. The molecule has 0 aromatic carbocycles. The highest BCUT2D eigenvalue weighted by Crippen LogP contribution is 2.37. The van der Waals surface area contributed by atoms with E-state index in [0.717, 1.165) is 12.5 Å². The van der Waals surface area contributed by atoms with E-state index in [0.29, 0.717) is 5.92 Å². The molecule has 4 heteroatoms. The highest BCUT2D eigenvalue weighted by molar-refractivity contribution is 4.98. The van der Waals surface area contributed by atoms with E-state index in [1.54, 1.807) is 0 Å². The fourth-order valence-electron chi connectivity index (χ4n) is 4.16. The molecule has 0 spiro atoms. The fraction of sp³-hybridized carbons (Fsp3) is 1.00. The Balaban J connectivity index is 1.79. The highest BCUT2D eigenvalue weighted by atomic mass is 16.3. The van der Waals surface area contributed by atoms with Gasteiger partial charge in [-0.2, -0.15) is 0 Å². The van der Waals surface area contributed by atoms with Crippen molar-refractivity contribution in [3.05, 3.63) is 0 Å². The number of piperidine rings is 1. The number of aliphatic hydroxyl groups is 1. The molecule has 1 saturated heterocycles. The largest absolute Gasteiger partial charge is 0.394 e.